The lowest BCUT2D eigenvalue weighted by molar-refractivity contribution is 0.204. The summed E-state index contributed by atoms with van der Waals surface area (Å²) in [5.74, 6) is 0.511. The van der Waals surface area contributed by atoms with Crippen LogP contribution in [0.1, 0.15) is 23.1 Å². The van der Waals surface area contributed by atoms with E-state index in [1.807, 2.05) is 59.2 Å². The van der Waals surface area contributed by atoms with Gasteiger partial charge in [-0.15, -0.1) is 10.2 Å². The number of hydrogen-bond acceptors (Lipinski definition) is 5. The van der Waals surface area contributed by atoms with Gasteiger partial charge in [0.05, 0.1) is 12.2 Å². The molecule has 0 aliphatic heterocycles. The van der Waals surface area contributed by atoms with Crippen molar-refractivity contribution in [2.24, 2.45) is 0 Å². The number of rotatable bonds is 5. The largest absolute Gasteiger partial charge is 0.380 e. The van der Waals surface area contributed by atoms with Crippen molar-refractivity contribution in [2.75, 3.05) is 0 Å². The van der Waals surface area contributed by atoms with E-state index >= 15 is 0 Å². The smallest absolute Gasteiger partial charge is 0.166 e. The molecule has 25 heavy (non-hydrogen) atoms. The standard InChI is InChI=1S/C18H16N6O/c25-17(15-6-8-16(9-7-15)24-12-19-11-21-24)18-22-20-13-23(18)10-14-4-2-1-3-5-14/h1-9,11-13,17,25H,10H2. The fourth-order valence-corrected chi connectivity index (χ4v) is 2.68. The van der Waals surface area contributed by atoms with Crippen LogP contribution in [0.5, 0.6) is 0 Å². The number of nitrogens with zero attached hydrogens (tertiary/aromatic N) is 6. The molecule has 0 saturated carbocycles. The van der Waals surface area contributed by atoms with Crippen molar-refractivity contribution in [1.29, 1.82) is 0 Å². The molecule has 0 aliphatic carbocycles. The summed E-state index contributed by atoms with van der Waals surface area (Å²) >= 11 is 0. The van der Waals surface area contributed by atoms with E-state index < -0.39 is 6.10 Å². The van der Waals surface area contributed by atoms with Crippen LogP contribution in [0.4, 0.5) is 0 Å². The maximum absolute atomic E-state index is 10.7. The zero-order valence-electron chi connectivity index (χ0n) is 13.3. The van der Waals surface area contributed by atoms with Crippen LogP contribution in [-0.4, -0.2) is 34.6 Å². The van der Waals surface area contributed by atoms with Crippen molar-refractivity contribution in [3.63, 3.8) is 0 Å². The summed E-state index contributed by atoms with van der Waals surface area (Å²) in [5, 5.41) is 22.8. The summed E-state index contributed by atoms with van der Waals surface area (Å²) < 4.78 is 3.51. The molecular formula is C18H16N6O. The Hall–Kier alpha value is -3.32. The maximum Gasteiger partial charge on any atom is 0.166 e. The van der Waals surface area contributed by atoms with Gasteiger partial charge in [-0.3, -0.25) is 0 Å². The quantitative estimate of drug-likeness (QED) is 0.604. The molecule has 2 aromatic carbocycles. The van der Waals surface area contributed by atoms with Crippen LogP contribution in [0, 0.1) is 0 Å². The average molecular weight is 332 g/mol. The van der Waals surface area contributed by atoms with E-state index in [4.69, 9.17) is 0 Å². The summed E-state index contributed by atoms with van der Waals surface area (Å²) in [4.78, 5) is 3.93. The third-order valence-corrected chi connectivity index (χ3v) is 3.98. The zero-order chi connectivity index (χ0) is 17.1. The monoisotopic (exact) mass is 332 g/mol. The van der Waals surface area contributed by atoms with E-state index in [-0.39, 0.29) is 0 Å². The Kier molecular flexibility index (Phi) is 4.05. The second-order valence-electron chi connectivity index (χ2n) is 5.64. The zero-order valence-corrected chi connectivity index (χ0v) is 13.3. The summed E-state index contributed by atoms with van der Waals surface area (Å²) in [6.45, 7) is 0.608. The number of aliphatic hydroxyl groups is 1. The molecule has 0 bridgehead atoms. The van der Waals surface area contributed by atoms with E-state index in [9.17, 15) is 5.11 Å². The Morgan fingerprint density at radius 1 is 0.960 bits per heavy atom. The van der Waals surface area contributed by atoms with Gasteiger partial charge in [-0.2, -0.15) is 5.10 Å². The van der Waals surface area contributed by atoms with Crippen LogP contribution >= 0.6 is 0 Å². The summed E-state index contributed by atoms with van der Waals surface area (Å²) in [6.07, 6.45) is 3.89. The van der Waals surface area contributed by atoms with Gasteiger partial charge < -0.3 is 9.67 Å². The van der Waals surface area contributed by atoms with Crippen LogP contribution in [0.3, 0.4) is 0 Å². The molecule has 0 radical (unpaired) electrons. The van der Waals surface area contributed by atoms with E-state index in [0.29, 0.717) is 12.4 Å². The second kappa shape index (κ2) is 6.66. The lowest BCUT2D eigenvalue weighted by atomic mass is 10.1. The van der Waals surface area contributed by atoms with Crippen molar-refractivity contribution in [3.05, 3.63) is 90.5 Å². The van der Waals surface area contributed by atoms with E-state index in [1.165, 1.54) is 6.33 Å². The van der Waals surface area contributed by atoms with Gasteiger partial charge in [0.1, 0.15) is 25.1 Å². The third-order valence-electron chi connectivity index (χ3n) is 3.98. The Balaban J connectivity index is 1.57. The molecule has 4 aromatic rings. The second-order valence-corrected chi connectivity index (χ2v) is 5.64. The van der Waals surface area contributed by atoms with Crippen molar-refractivity contribution >= 4 is 0 Å². The van der Waals surface area contributed by atoms with Gasteiger partial charge in [0.25, 0.3) is 0 Å². The molecular weight excluding hydrogens is 316 g/mol. The first-order chi connectivity index (χ1) is 12.3. The molecule has 1 N–H and O–H groups in total. The fraction of sp³-hybridized carbons (Fsp3) is 0.111. The van der Waals surface area contributed by atoms with E-state index in [0.717, 1.165) is 16.8 Å². The SMILES string of the molecule is OC(c1ccc(-n2cncn2)cc1)c1nncn1Cc1ccccc1. The van der Waals surface area contributed by atoms with Gasteiger partial charge >= 0.3 is 0 Å². The topological polar surface area (TPSA) is 81.7 Å². The fourth-order valence-electron chi connectivity index (χ4n) is 2.68. The molecule has 0 saturated heterocycles. The van der Waals surface area contributed by atoms with Crippen molar-refractivity contribution in [2.45, 2.75) is 12.6 Å². The minimum Gasteiger partial charge on any atom is -0.380 e. The summed E-state index contributed by atoms with van der Waals surface area (Å²) in [6, 6.07) is 17.5. The molecule has 4 rings (SSSR count). The molecule has 1 atom stereocenters. The molecule has 0 spiro atoms. The molecule has 2 aromatic heterocycles. The summed E-state index contributed by atoms with van der Waals surface area (Å²) in [7, 11) is 0. The van der Waals surface area contributed by atoms with E-state index in [2.05, 4.69) is 20.3 Å². The normalized spacial score (nSPS) is 12.2. The van der Waals surface area contributed by atoms with Crippen molar-refractivity contribution in [1.82, 2.24) is 29.5 Å². The van der Waals surface area contributed by atoms with Gasteiger partial charge in [-0.1, -0.05) is 42.5 Å². The molecule has 0 aliphatic rings. The van der Waals surface area contributed by atoms with Crippen molar-refractivity contribution in [3.8, 4) is 5.69 Å². The van der Waals surface area contributed by atoms with E-state index in [1.54, 1.807) is 17.3 Å². The first kappa shape index (κ1) is 15.2. The van der Waals surface area contributed by atoms with Gasteiger partial charge in [0, 0.05) is 0 Å². The first-order valence-electron chi connectivity index (χ1n) is 7.86. The van der Waals surface area contributed by atoms with Gasteiger partial charge in [0.15, 0.2) is 5.82 Å². The van der Waals surface area contributed by atoms with Crippen molar-refractivity contribution < 1.29 is 5.11 Å². The highest BCUT2D eigenvalue weighted by Crippen LogP contribution is 2.22. The van der Waals surface area contributed by atoms with Gasteiger partial charge in [-0.25, -0.2) is 9.67 Å². The third kappa shape index (κ3) is 3.17. The average Bonchev–Trinajstić information content (AvgIpc) is 3.34. The highest BCUT2D eigenvalue weighted by Gasteiger charge is 2.17. The molecule has 7 heteroatoms. The molecule has 124 valence electrons. The molecule has 2 heterocycles. The predicted octanol–water partition coefficient (Wildman–Crippen LogP) is 1.99. The van der Waals surface area contributed by atoms with Gasteiger partial charge in [0.2, 0.25) is 0 Å². The molecule has 7 nitrogen and oxygen atoms in total. The number of hydrogen-bond donors (Lipinski definition) is 1. The Labute approximate surface area is 144 Å². The van der Waals surface area contributed by atoms with Crippen LogP contribution in [0.15, 0.2) is 73.6 Å². The highest BCUT2D eigenvalue weighted by molar-refractivity contribution is 5.35. The Morgan fingerprint density at radius 3 is 2.48 bits per heavy atom. The Bertz CT molecular complexity index is 931. The predicted molar refractivity (Wildman–Crippen MR) is 91.0 cm³/mol. The highest BCUT2D eigenvalue weighted by atomic mass is 16.3. The van der Waals surface area contributed by atoms with Crippen LogP contribution in [0.2, 0.25) is 0 Å². The summed E-state index contributed by atoms with van der Waals surface area (Å²) in [5.41, 5.74) is 2.74. The number of aliphatic hydroxyl groups excluding tert-OH is 1. The lowest BCUT2D eigenvalue weighted by Crippen LogP contribution is -2.10. The molecule has 0 fully saturated rings. The van der Waals surface area contributed by atoms with Crippen LogP contribution in [-0.2, 0) is 6.54 Å². The Morgan fingerprint density at radius 2 is 1.76 bits per heavy atom. The van der Waals surface area contributed by atoms with Gasteiger partial charge in [-0.05, 0) is 23.3 Å². The van der Waals surface area contributed by atoms with Crippen LogP contribution < -0.4 is 0 Å². The lowest BCUT2D eigenvalue weighted by Gasteiger charge is -2.13. The van der Waals surface area contributed by atoms with Crippen LogP contribution in [0.25, 0.3) is 5.69 Å². The maximum atomic E-state index is 10.7. The minimum atomic E-state index is -0.851. The number of benzene rings is 2. The molecule has 0 amide bonds. The first-order valence-corrected chi connectivity index (χ1v) is 7.86. The number of aromatic nitrogens is 6. The minimum absolute atomic E-state index is 0.511. The molecule has 1 unspecified atom stereocenters.